The van der Waals surface area contributed by atoms with E-state index < -0.39 is 0 Å². The van der Waals surface area contributed by atoms with Crippen molar-refractivity contribution >= 4 is 40.7 Å². The Hall–Kier alpha value is -0.130. The van der Waals surface area contributed by atoms with Crippen LogP contribution in [-0.4, -0.2) is 31.1 Å². The molecule has 1 atom stereocenters. The number of benzene rings is 1. The smallest absolute Gasteiger partial charge is 0.137 e. The Morgan fingerprint density at radius 3 is 2.60 bits per heavy atom. The molecule has 0 spiro atoms. The highest BCUT2D eigenvalue weighted by Crippen LogP contribution is 2.32. The average Bonchev–Trinajstić information content (AvgIpc) is 2.41. The molecule has 1 saturated heterocycles. The zero-order valence-electron chi connectivity index (χ0n) is 11.1. The van der Waals surface area contributed by atoms with Crippen molar-refractivity contribution in [3.8, 4) is 0 Å². The van der Waals surface area contributed by atoms with Crippen LogP contribution in [0.2, 0.25) is 0 Å². The first kappa shape index (κ1) is 19.9. The van der Waals surface area contributed by atoms with E-state index in [1.165, 1.54) is 6.07 Å². The van der Waals surface area contributed by atoms with Crippen molar-refractivity contribution in [1.29, 1.82) is 0 Å². The first-order valence-electron chi connectivity index (χ1n) is 6.23. The lowest BCUT2D eigenvalue weighted by atomic mass is 10.0. The fourth-order valence-electron chi connectivity index (χ4n) is 2.40. The number of halogens is 4. The maximum atomic E-state index is 13.6. The SMILES string of the molecule is C=CC[C@@H](c1cccc(F)c1Br)N1CCNCC1.Cl.Cl. The fourth-order valence-corrected chi connectivity index (χ4v) is 2.93. The van der Waals surface area contributed by atoms with Crippen molar-refractivity contribution in [2.45, 2.75) is 12.5 Å². The molecule has 0 unspecified atom stereocenters. The highest BCUT2D eigenvalue weighted by molar-refractivity contribution is 9.10. The Morgan fingerprint density at radius 2 is 2.00 bits per heavy atom. The van der Waals surface area contributed by atoms with Gasteiger partial charge in [0.15, 0.2) is 0 Å². The molecule has 1 aromatic rings. The van der Waals surface area contributed by atoms with Gasteiger partial charge in [0.2, 0.25) is 0 Å². The number of hydrogen-bond donors (Lipinski definition) is 1. The van der Waals surface area contributed by atoms with E-state index >= 15 is 0 Å². The van der Waals surface area contributed by atoms with Gasteiger partial charge in [0.25, 0.3) is 0 Å². The van der Waals surface area contributed by atoms with Gasteiger partial charge in [-0.25, -0.2) is 4.39 Å². The molecular weight excluding hydrogens is 366 g/mol. The molecule has 0 amide bonds. The van der Waals surface area contributed by atoms with Crippen molar-refractivity contribution in [3.05, 3.63) is 46.7 Å². The van der Waals surface area contributed by atoms with E-state index in [4.69, 9.17) is 0 Å². The van der Waals surface area contributed by atoms with Crippen molar-refractivity contribution in [2.75, 3.05) is 26.2 Å². The molecule has 1 N–H and O–H groups in total. The van der Waals surface area contributed by atoms with Gasteiger partial charge in [-0.1, -0.05) is 18.2 Å². The predicted molar refractivity (Wildman–Crippen MR) is 90.6 cm³/mol. The maximum absolute atomic E-state index is 13.6. The molecular formula is C14H20BrCl2FN2. The lowest BCUT2D eigenvalue weighted by molar-refractivity contribution is 0.173. The molecule has 0 bridgehead atoms. The topological polar surface area (TPSA) is 15.3 Å². The highest BCUT2D eigenvalue weighted by atomic mass is 79.9. The molecule has 6 heteroatoms. The summed E-state index contributed by atoms with van der Waals surface area (Å²) in [7, 11) is 0. The summed E-state index contributed by atoms with van der Waals surface area (Å²) < 4.78 is 14.2. The standard InChI is InChI=1S/C14H18BrFN2.2ClH/c1-2-4-13(18-9-7-17-8-10-18)11-5-3-6-12(16)14(11)15;;/h2-3,5-6,13,17H,1,4,7-10H2;2*1H/t13-;;/m0../s1. The van der Waals surface area contributed by atoms with Crippen LogP contribution in [0.15, 0.2) is 35.3 Å². The predicted octanol–water partition coefficient (Wildman–Crippen LogP) is 3.95. The second-order valence-electron chi connectivity index (χ2n) is 4.47. The van der Waals surface area contributed by atoms with Crippen LogP contribution in [0, 0.1) is 5.82 Å². The first-order chi connectivity index (χ1) is 8.74. The van der Waals surface area contributed by atoms with E-state index in [0.29, 0.717) is 4.47 Å². The van der Waals surface area contributed by atoms with Crippen LogP contribution in [0.1, 0.15) is 18.0 Å². The lowest BCUT2D eigenvalue weighted by Gasteiger charge is -2.35. The van der Waals surface area contributed by atoms with Crippen LogP contribution < -0.4 is 5.32 Å². The lowest BCUT2D eigenvalue weighted by Crippen LogP contribution is -2.45. The zero-order chi connectivity index (χ0) is 13.0. The van der Waals surface area contributed by atoms with Crippen LogP contribution >= 0.6 is 40.7 Å². The van der Waals surface area contributed by atoms with Crippen molar-refractivity contribution < 1.29 is 4.39 Å². The van der Waals surface area contributed by atoms with Gasteiger partial charge in [0, 0.05) is 32.2 Å². The van der Waals surface area contributed by atoms with Gasteiger partial charge in [-0.05, 0) is 34.0 Å². The minimum absolute atomic E-state index is 0. The van der Waals surface area contributed by atoms with Gasteiger partial charge in [-0.15, -0.1) is 31.4 Å². The summed E-state index contributed by atoms with van der Waals surface area (Å²) in [6.07, 6.45) is 2.74. The molecule has 20 heavy (non-hydrogen) atoms. The molecule has 114 valence electrons. The molecule has 0 radical (unpaired) electrons. The second kappa shape index (κ2) is 9.74. The Morgan fingerprint density at radius 1 is 1.35 bits per heavy atom. The van der Waals surface area contributed by atoms with Crippen molar-refractivity contribution in [2.24, 2.45) is 0 Å². The Labute approximate surface area is 140 Å². The van der Waals surface area contributed by atoms with Gasteiger partial charge in [-0.2, -0.15) is 0 Å². The maximum Gasteiger partial charge on any atom is 0.137 e. The Kier molecular flexibility index (Phi) is 9.68. The van der Waals surface area contributed by atoms with Crippen molar-refractivity contribution in [1.82, 2.24) is 10.2 Å². The summed E-state index contributed by atoms with van der Waals surface area (Å²) in [5, 5.41) is 3.34. The van der Waals surface area contributed by atoms with Gasteiger partial charge in [0.1, 0.15) is 5.82 Å². The molecule has 1 aromatic carbocycles. The van der Waals surface area contributed by atoms with Gasteiger partial charge >= 0.3 is 0 Å². The van der Waals surface area contributed by atoms with E-state index in [-0.39, 0.29) is 36.7 Å². The van der Waals surface area contributed by atoms with Crippen LogP contribution in [-0.2, 0) is 0 Å². The second-order valence-corrected chi connectivity index (χ2v) is 5.26. The van der Waals surface area contributed by atoms with Crippen LogP contribution in [0.5, 0.6) is 0 Å². The first-order valence-corrected chi connectivity index (χ1v) is 7.03. The summed E-state index contributed by atoms with van der Waals surface area (Å²) in [4.78, 5) is 2.39. The zero-order valence-corrected chi connectivity index (χ0v) is 14.4. The summed E-state index contributed by atoms with van der Waals surface area (Å²) >= 11 is 3.37. The summed E-state index contributed by atoms with van der Waals surface area (Å²) in [6.45, 7) is 7.77. The average molecular weight is 386 g/mol. The van der Waals surface area contributed by atoms with Crippen LogP contribution in [0.3, 0.4) is 0 Å². The molecule has 1 aliphatic rings. The number of nitrogens with zero attached hydrogens (tertiary/aromatic N) is 1. The van der Waals surface area contributed by atoms with E-state index in [0.717, 1.165) is 38.2 Å². The largest absolute Gasteiger partial charge is 0.314 e. The molecule has 1 aliphatic heterocycles. The van der Waals surface area contributed by atoms with Gasteiger partial charge in [-0.3, -0.25) is 4.90 Å². The minimum atomic E-state index is -0.198. The monoisotopic (exact) mass is 384 g/mol. The van der Waals surface area contributed by atoms with E-state index in [1.807, 2.05) is 12.1 Å². The summed E-state index contributed by atoms with van der Waals surface area (Å²) in [5.74, 6) is -0.198. The van der Waals surface area contributed by atoms with E-state index in [1.54, 1.807) is 6.07 Å². The number of hydrogen-bond acceptors (Lipinski definition) is 2. The molecule has 0 saturated carbocycles. The van der Waals surface area contributed by atoms with E-state index in [2.05, 4.69) is 32.7 Å². The van der Waals surface area contributed by atoms with Crippen molar-refractivity contribution in [3.63, 3.8) is 0 Å². The highest BCUT2D eigenvalue weighted by Gasteiger charge is 2.23. The minimum Gasteiger partial charge on any atom is -0.314 e. The molecule has 2 nitrogen and oxygen atoms in total. The Bertz CT molecular complexity index is 426. The fraction of sp³-hybridized carbons (Fsp3) is 0.429. The Balaban J connectivity index is 0.00000180. The summed E-state index contributed by atoms with van der Waals surface area (Å²) in [5.41, 5.74) is 1.01. The molecule has 2 rings (SSSR count). The van der Waals surface area contributed by atoms with Crippen LogP contribution in [0.4, 0.5) is 4.39 Å². The summed E-state index contributed by atoms with van der Waals surface area (Å²) in [6, 6.07) is 5.45. The third-order valence-electron chi connectivity index (χ3n) is 3.32. The number of nitrogens with one attached hydrogen (secondary N) is 1. The normalized spacial score (nSPS) is 16.7. The third-order valence-corrected chi connectivity index (χ3v) is 4.16. The van der Waals surface area contributed by atoms with Crippen LogP contribution in [0.25, 0.3) is 0 Å². The van der Waals surface area contributed by atoms with Gasteiger partial charge in [0.05, 0.1) is 4.47 Å². The molecule has 0 aromatic heterocycles. The van der Waals surface area contributed by atoms with E-state index in [9.17, 15) is 4.39 Å². The number of rotatable bonds is 4. The van der Waals surface area contributed by atoms with Gasteiger partial charge < -0.3 is 5.32 Å². The quantitative estimate of drug-likeness (QED) is 0.789. The molecule has 1 heterocycles. The molecule has 0 aliphatic carbocycles. The molecule has 1 fully saturated rings. The number of piperazine rings is 1. The third kappa shape index (κ3) is 4.71.